The van der Waals surface area contributed by atoms with Crippen LogP contribution in [-0.4, -0.2) is 4.74 Å². The van der Waals surface area contributed by atoms with Crippen LogP contribution < -0.4 is 5.56 Å². The molecule has 0 saturated carbocycles. The Hall–Kier alpha value is -1.51. The zero-order valence-corrected chi connectivity index (χ0v) is 8.90. The molecule has 1 aromatic heterocycles. The van der Waals surface area contributed by atoms with Gasteiger partial charge in [0.05, 0.1) is 11.9 Å². The predicted octanol–water partition coefficient (Wildman–Crippen LogP) is 2.78. The van der Waals surface area contributed by atoms with Crippen molar-refractivity contribution in [3.05, 3.63) is 34.6 Å². The highest BCUT2D eigenvalue weighted by Crippen LogP contribution is 2.10. The molecular formula is C12H15NO2. The molecule has 2 aromatic rings. The van der Waals surface area contributed by atoms with Gasteiger partial charge in [0.1, 0.15) is 0 Å². The van der Waals surface area contributed by atoms with Crippen LogP contribution in [0, 0.1) is 0 Å². The van der Waals surface area contributed by atoms with Gasteiger partial charge >= 0.3 is 0 Å². The lowest BCUT2D eigenvalue weighted by molar-refractivity contribution is 0.275. The van der Waals surface area contributed by atoms with Crippen LogP contribution >= 0.6 is 0 Å². The molecule has 0 fully saturated rings. The molecule has 0 spiro atoms. The van der Waals surface area contributed by atoms with Crippen molar-refractivity contribution in [1.29, 1.82) is 0 Å². The first-order valence-corrected chi connectivity index (χ1v) is 5.42. The number of aryl methyl sites for hydroxylation is 1. The Morgan fingerprint density at radius 2 is 2.07 bits per heavy atom. The van der Waals surface area contributed by atoms with Gasteiger partial charge in [-0.1, -0.05) is 31.9 Å². The van der Waals surface area contributed by atoms with Crippen molar-refractivity contribution >= 4 is 11.0 Å². The lowest BCUT2D eigenvalue weighted by Gasteiger charge is -1.97. The summed E-state index contributed by atoms with van der Waals surface area (Å²) in [5.74, 6) is 0. The summed E-state index contributed by atoms with van der Waals surface area (Å²) in [7, 11) is 0. The highest BCUT2D eigenvalue weighted by Gasteiger charge is 2.06. The Kier molecular flexibility index (Phi) is 2.90. The van der Waals surface area contributed by atoms with E-state index in [1.807, 2.05) is 18.2 Å². The molecule has 0 bridgehead atoms. The second-order valence-corrected chi connectivity index (χ2v) is 3.70. The molecule has 15 heavy (non-hydrogen) atoms. The van der Waals surface area contributed by atoms with Crippen LogP contribution in [0.2, 0.25) is 0 Å². The summed E-state index contributed by atoms with van der Waals surface area (Å²) in [4.78, 5) is 11.8. The highest BCUT2D eigenvalue weighted by atomic mass is 16.5. The maximum Gasteiger partial charge on any atom is 0.290 e. The first-order valence-electron chi connectivity index (χ1n) is 5.42. The number of hydrogen-bond acceptors (Lipinski definition) is 2. The molecule has 0 aliphatic rings. The van der Waals surface area contributed by atoms with Crippen LogP contribution in [0.25, 0.3) is 11.0 Å². The van der Waals surface area contributed by atoms with Crippen molar-refractivity contribution in [3.8, 4) is 0 Å². The Bertz CT molecular complexity index is 496. The predicted molar refractivity (Wildman–Crippen MR) is 60.0 cm³/mol. The van der Waals surface area contributed by atoms with E-state index in [-0.39, 0.29) is 5.56 Å². The van der Waals surface area contributed by atoms with E-state index < -0.39 is 0 Å². The van der Waals surface area contributed by atoms with Gasteiger partial charge in [-0.15, -0.1) is 0 Å². The molecule has 0 atom stereocenters. The maximum atomic E-state index is 11.8. The molecule has 80 valence electrons. The Morgan fingerprint density at radius 3 is 2.80 bits per heavy atom. The summed E-state index contributed by atoms with van der Waals surface area (Å²) in [6.45, 7) is 2.82. The lowest BCUT2D eigenvalue weighted by Crippen LogP contribution is -2.14. The molecule has 0 aliphatic carbocycles. The quantitative estimate of drug-likeness (QED) is 0.719. The van der Waals surface area contributed by atoms with E-state index in [4.69, 9.17) is 4.52 Å². The largest absolute Gasteiger partial charge is 0.376 e. The molecular weight excluding hydrogens is 190 g/mol. The fraction of sp³-hybridized carbons (Fsp3) is 0.417. The fourth-order valence-electron chi connectivity index (χ4n) is 1.67. The zero-order chi connectivity index (χ0) is 10.7. The van der Waals surface area contributed by atoms with Crippen molar-refractivity contribution in [2.24, 2.45) is 0 Å². The van der Waals surface area contributed by atoms with E-state index in [9.17, 15) is 4.79 Å². The van der Waals surface area contributed by atoms with E-state index in [1.54, 1.807) is 6.07 Å². The number of unbranched alkanes of at least 4 members (excludes halogenated alkanes) is 2. The van der Waals surface area contributed by atoms with Gasteiger partial charge in [0, 0.05) is 0 Å². The van der Waals surface area contributed by atoms with E-state index in [0.29, 0.717) is 17.5 Å². The van der Waals surface area contributed by atoms with Crippen LogP contribution in [0.3, 0.4) is 0 Å². The van der Waals surface area contributed by atoms with Crippen molar-refractivity contribution in [3.63, 3.8) is 0 Å². The number of fused-ring (bicyclic) bond motifs is 1. The minimum atomic E-state index is -0.0123. The van der Waals surface area contributed by atoms with Gasteiger partial charge in [-0.2, -0.15) is 4.74 Å². The first-order chi connectivity index (χ1) is 7.33. The monoisotopic (exact) mass is 205 g/mol. The number of aromatic nitrogens is 1. The third-order valence-corrected chi connectivity index (χ3v) is 2.52. The van der Waals surface area contributed by atoms with Crippen molar-refractivity contribution in [2.45, 2.75) is 32.7 Å². The maximum absolute atomic E-state index is 11.8. The molecule has 0 amide bonds. The van der Waals surface area contributed by atoms with Crippen LogP contribution in [0.4, 0.5) is 0 Å². The average molecular weight is 205 g/mol. The van der Waals surface area contributed by atoms with E-state index in [0.717, 1.165) is 19.3 Å². The summed E-state index contributed by atoms with van der Waals surface area (Å²) in [5, 5.41) is 0.675. The molecule has 0 aliphatic heterocycles. The SMILES string of the molecule is CCCCCn1oc2ccccc2c1=O. The zero-order valence-electron chi connectivity index (χ0n) is 8.90. The number of benzene rings is 1. The van der Waals surface area contributed by atoms with Crippen LogP contribution in [-0.2, 0) is 6.54 Å². The van der Waals surface area contributed by atoms with Crippen molar-refractivity contribution < 1.29 is 4.52 Å². The van der Waals surface area contributed by atoms with Gasteiger partial charge in [0.25, 0.3) is 5.56 Å². The number of nitrogens with zero attached hydrogens (tertiary/aromatic N) is 1. The standard InChI is InChI=1S/C12H15NO2/c1-2-3-6-9-13-12(14)10-7-4-5-8-11(10)15-13/h4-5,7-8H,2-3,6,9H2,1H3. The molecule has 0 N–H and O–H groups in total. The smallest absolute Gasteiger partial charge is 0.290 e. The van der Waals surface area contributed by atoms with Gasteiger partial charge in [0.15, 0.2) is 5.58 Å². The number of rotatable bonds is 4. The first kappa shape index (κ1) is 10.0. The summed E-state index contributed by atoms with van der Waals surface area (Å²) < 4.78 is 6.91. The molecule has 3 nitrogen and oxygen atoms in total. The molecule has 0 unspecified atom stereocenters. The van der Waals surface area contributed by atoms with E-state index in [2.05, 4.69) is 6.92 Å². The topological polar surface area (TPSA) is 35.1 Å². The molecule has 2 rings (SSSR count). The Morgan fingerprint density at radius 1 is 1.27 bits per heavy atom. The van der Waals surface area contributed by atoms with Gasteiger partial charge < -0.3 is 4.52 Å². The Balaban J connectivity index is 2.28. The lowest BCUT2D eigenvalue weighted by atomic mass is 10.2. The van der Waals surface area contributed by atoms with Crippen LogP contribution in [0.15, 0.2) is 33.6 Å². The summed E-state index contributed by atoms with van der Waals surface area (Å²) in [6.07, 6.45) is 3.27. The highest BCUT2D eigenvalue weighted by molar-refractivity contribution is 5.75. The minimum absolute atomic E-state index is 0.0123. The molecule has 3 heteroatoms. The summed E-state index contributed by atoms with van der Waals surface area (Å²) in [6, 6.07) is 7.36. The third kappa shape index (κ3) is 1.96. The van der Waals surface area contributed by atoms with Gasteiger partial charge in [-0.25, -0.2) is 0 Å². The number of para-hydroxylation sites is 1. The molecule has 0 radical (unpaired) electrons. The summed E-state index contributed by atoms with van der Waals surface area (Å²) in [5.41, 5.74) is 0.667. The average Bonchev–Trinajstić information content (AvgIpc) is 2.57. The van der Waals surface area contributed by atoms with Crippen molar-refractivity contribution in [1.82, 2.24) is 4.74 Å². The van der Waals surface area contributed by atoms with Gasteiger partial charge in [-0.05, 0) is 18.6 Å². The second kappa shape index (κ2) is 4.34. The minimum Gasteiger partial charge on any atom is -0.376 e. The van der Waals surface area contributed by atoms with Crippen LogP contribution in [0.5, 0.6) is 0 Å². The van der Waals surface area contributed by atoms with Crippen molar-refractivity contribution in [2.75, 3.05) is 0 Å². The van der Waals surface area contributed by atoms with E-state index in [1.165, 1.54) is 4.74 Å². The third-order valence-electron chi connectivity index (χ3n) is 2.52. The normalized spacial score (nSPS) is 11.0. The summed E-state index contributed by atoms with van der Waals surface area (Å²) >= 11 is 0. The fourth-order valence-corrected chi connectivity index (χ4v) is 1.67. The molecule has 1 aromatic carbocycles. The molecule has 1 heterocycles. The number of hydrogen-bond donors (Lipinski definition) is 0. The Labute approximate surface area is 88.3 Å². The molecule has 0 saturated heterocycles. The van der Waals surface area contributed by atoms with Gasteiger partial charge in [0.2, 0.25) is 0 Å². The van der Waals surface area contributed by atoms with Gasteiger partial charge in [-0.3, -0.25) is 4.79 Å². The second-order valence-electron chi connectivity index (χ2n) is 3.70. The van der Waals surface area contributed by atoms with Crippen LogP contribution in [0.1, 0.15) is 26.2 Å². The van der Waals surface area contributed by atoms with E-state index >= 15 is 0 Å².